The fourth-order valence-corrected chi connectivity index (χ4v) is 2.37. The summed E-state index contributed by atoms with van der Waals surface area (Å²) in [6.45, 7) is 4.41. The van der Waals surface area contributed by atoms with E-state index < -0.39 is 0 Å². The molecule has 1 N–H and O–H groups in total. The smallest absolute Gasteiger partial charge is 0.0657 e. The van der Waals surface area contributed by atoms with E-state index in [2.05, 4.69) is 24.0 Å². The van der Waals surface area contributed by atoms with Crippen LogP contribution >= 0.6 is 0 Å². The predicted molar refractivity (Wildman–Crippen MR) is 53.7 cm³/mol. The maximum Gasteiger partial charge on any atom is 0.0657 e. The van der Waals surface area contributed by atoms with Gasteiger partial charge in [0.2, 0.25) is 0 Å². The lowest BCUT2D eigenvalue weighted by Gasteiger charge is -2.21. The molecule has 1 aliphatic rings. The Balaban J connectivity index is 2.13. The Hall–Kier alpha value is -0.790. The van der Waals surface area contributed by atoms with Crippen molar-refractivity contribution in [2.45, 2.75) is 46.0 Å². The Morgan fingerprint density at radius 1 is 1.54 bits per heavy atom. The van der Waals surface area contributed by atoms with Gasteiger partial charge in [-0.25, -0.2) is 0 Å². The molecular weight excluding hydrogens is 160 g/mol. The quantitative estimate of drug-likeness (QED) is 0.741. The molecule has 1 aliphatic carbocycles. The van der Waals surface area contributed by atoms with Crippen molar-refractivity contribution in [3.8, 4) is 0 Å². The van der Waals surface area contributed by atoms with Crippen molar-refractivity contribution in [1.29, 1.82) is 0 Å². The van der Waals surface area contributed by atoms with Gasteiger partial charge in [0.25, 0.3) is 0 Å². The van der Waals surface area contributed by atoms with E-state index in [1.165, 1.54) is 49.1 Å². The van der Waals surface area contributed by atoms with Crippen LogP contribution in [0.2, 0.25) is 0 Å². The molecule has 0 aromatic carbocycles. The van der Waals surface area contributed by atoms with Gasteiger partial charge in [-0.1, -0.05) is 19.8 Å². The van der Waals surface area contributed by atoms with Gasteiger partial charge in [0, 0.05) is 5.69 Å². The third kappa shape index (κ3) is 1.62. The Morgan fingerprint density at radius 3 is 3.15 bits per heavy atom. The molecule has 2 heteroatoms. The summed E-state index contributed by atoms with van der Waals surface area (Å²) >= 11 is 0. The van der Waals surface area contributed by atoms with Gasteiger partial charge >= 0.3 is 0 Å². The van der Waals surface area contributed by atoms with E-state index in [9.17, 15) is 0 Å². The van der Waals surface area contributed by atoms with Crippen molar-refractivity contribution in [2.24, 2.45) is 5.92 Å². The lowest BCUT2D eigenvalue weighted by molar-refractivity contribution is 0.420. The minimum absolute atomic E-state index is 0.911. The van der Waals surface area contributed by atoms with E-state index in [0.717, 1.165) is 5.92 Å². The molecule has 0 fully saturated rings. The van der Waals surface area contributed by atoms with Gasteiger partial charge in [-0.3, -0.25) is 5.10 Å². The number of rotatable bonds is 2. The third-order valence-corrected chi connectivity index (χ3v) is 3.14. The second-order valence-electron chi connectivity index (χ2n) is 4.17. The van der Waals surface area contributed by atoms with E-state index >= 15 is 0 Å². The van der Waals surface area contributed by atoms with Crippen LogP contribution in [-0.2, 0) is 12.8 Å². The number of nitrogens with one attached hydrogen (secondary N) is 1. The molecule has 2 rings (SSSR count). The van der Waals surface area contributed by atoms with Crippen molar-refractivity contribution >= 4 is 0 Å². The summed E-state index contributed by atoms with van der Waals surface area (Å²) < 4.78 is 0. The fourth-order valence-electron chi connectivity index (χ4n) is 2.37. The largest absolute Gasteiger partial charge is 0.282 e. The van der Waals surface area contributed by atoms with Crippen molar-refractivity contribution in [3.63, 3.8) is 0 Å². The molecule has 1 heterocycles. The molecule has 72 valence electrons. The first-order chi connectivity index (χ1) is 6.31. The SMILES string of the molecule is CCCC1CCc2n[nH]c(C)c2C1. The molecule has 0 bridgehead atoms. The number of hydrogen-bond donors (Lipinski definition) is 1. The standard InChI is InChI=1S/C11H18N2/c1-3-4-9-5-6-11-10(7-9)8(2)12-13-11/h9H,3-7H2,1-2H3,(H,12,13). The number of aromatic nitrogens is 2. The molecule has 0 saturated carbocycles. The van der Waals surface area contributed by atoms with E-state index in [1.54, 1.807) is 0 Å². The highest BCUT2D eigenvalue weighted by atomic mass is 15.1. The van der Waals surface area contributed by atoms with Crippen LogP contribution in [0.25, 0.3) is 0 Å². The zero-order valence-electron chi connectivity index (χ0n) is 8.56. The molecule has 2 nitrogen and oxygen atoms in total. The summed E-state index contributed by atoms with van der Waals surface area (Å²) in [6.07, 6.45) is 6.47. The third-order valence-electron chi connectivity index (χ3n) is 3.14. The Labute approximate surface area is 79.7 Å². The predicted octanol–water partition coefficient (Wildman–Crippen LogP) is 2.62. The molecule has 1 atom stereocenters. The number of aryl methyl sites for hydroxylation is 2. The van der Waals surface area contributed by atoms with Crippen LogP contribution < -0.4 is 0 Å². The van der Waals surface area contributed by atoms with Gasteiger partial charge in [-0.2, -0.15) is 5.10 Å². The van der Waals surface area contributed by atoms with Gasteiger partial charge in [-0.15, -0.1) is 0 Å². The summed E-state index contributed by atoms with van der Waals surface area (Å²) in [5.41, 5.74) is 4.12. The average Bonchev–Trinajstić information content (AvgIpc) is 2.49. The number of fused-ring (bicyclic) bond motifs is 1. The van der Waals surface area contributed by atoms with E-state index in [0.29, 0.717) is 0 Å². The Kier molecular flexibility index (Phi) is 2.38. The van der Waals surface area contributed by atoms with Crippen molar-refractivity contribution < 1.29 is 0 Å². The van der Waals surface area contributed by atoms with Gasteiger partial charge in [-0.05, 0) is 37.7 Å². The molecule has 1 aromatic heterocycles. The first-order valence-corrected chi connectivity index (χ1v) is 5.34. The molecular formula is C11H18N2. The van der Waals surface area contributed by atoms with Crippen LogP contribution in [0, 0.1) is 12.8 Å². The van der Waals surface area contributed by atoms with Crippen LogP contribution in [0.15, 0.2) is 0 Å². The van der Waals surface area contributed by atoms with Gasteiger partial charge in [0.05, 0.1) is 5.69 Å². The monoisotopic (exact) mass is 178 g/mol. The van der Waals surface area contributed by atoms with Crippen LogP contribution in [0.5, 0.6) is 0 Å². The topological polar surface area (TPSA) is 28.7 Å². The summed E-state index contributed by atoms with van der Waals surface area (Å²) in [6, 6.07) is 0. The zero-order valence-corrected chi connectivity index (χ0v) is 8.56. The highest BCUT2D eigenvalue weighted by molar-refractivity contribution is 5.27. The lowest BCUT2D eigenvalue weighted by Crippen LogP contribution is -2.13. The summed E-state index contributed by atoms with van der Waals surface area (Å²) in [4.78, 5) is 0. The second-order valence-corrected chi connectivity index (χ2v) is 4.17. The molecule has 0 radical (unpaired) electrons. The maximum absolute atomic E-state index is 4.33. The van der Waals surface area contributed by atoms with E-state index in [1.807, 2.05) is 0 Å². The Morgan fingerprint density at radius 2 is 2.38 bits per heavy atom. The zero-order chi connectivity index (χ0) is 9.26. The minimum Gasteiger partial charge on any atom is -0.282 e. The molecule has 0 saturated heterocycles. The molecule has 0 amide bonds. The first kappa shape index (κ1) is 8.79. The molecule has 0 aliphatic heterocycles. The minimum atomic E-state index is 0.911. The van der Waals surface area contributed by atoms with Crippen molar-refractivity contribution in [2.75, 3.05) is 0 Å². The maximum atomic E-state index is 4.33. The second kappa shape index (κ2) is 3.52. The summed E-state index contributed by atoms with van der Waals surface area (Å²) in [5, 5.41) is 7.42. The van der Waals surface area contributed by atoms with E-state index in [4.69, 9.17) is 0 Å². The molecule has 13 heavy (non-hydrogen) atoms. The summed E-state index contributed by atoms with van der Waals surface area (Å²) in [7, 11) is 0. The van der Waals surface area contributed by atoms with E-state index in [-0.39, 0.29) is 0 Å². The van der Waals surface area contributed by atoms with Crippen LogP contribution in [0.4, 0.5) is 0 Å². The average molecular weight is 178 g/mol. The summed E-state index contributed by atoms with van der Waals surface area (Å²) in [5.74, 6) is 0.911. The highest BCUT2D eigenvalue weighted by Gasteiger charge is 2.21. The number of nitrogens with zero attached hydrogens (tertiary/aromatic N) is 1. The first-order valence-electron chi connectivity index (χ1n) is 5.34. The fraction of sp³-hybridized carbons (Fsp3) is 0.727. The number of H-pyrrole nitrogens is 1. The van der Waals surface area contributed by atoms with Crippen LogP contribution in [-0.4, -0.2) is 10.2 Å². The number of hydrogen-bond acceptors (Lipinski definition) is 1. The molecule has 1 aromatic rings. The molecule has 1 unspecified atom stereocenters. The van der Waals surface area contributed by atoms with Crippen molar-refractivity contribution in [1.82, 2.24) is 10.2 Å². The Bertz CT molecular complexity index is 288. The van der Waals surface area contributed by atoms with Gasteiger partial charge in [0.1, 0.15) is 0 Å². The molecule has 0 spiro atoms. The lowest BCUT2D eigenvalue weighted by atomic mass is 9.84. The normalized spacial score (nSPS) is 21.5. The van der Waals surface area contributed by atoms with Crippen molar-refractivity contribution in [3.05, 3.63) is 17.0 Å². The van der Waals surface area contributed by atoms with Crippen LogP contribution in [0.1, 0.15) is 43.1 Å². The van der Waals surface area contributed by atoms with Crippen LogP contribution in [0.3, 0.4) is 0 Å². The highest BCUT2D eigenvalue weighted by Crippen LogP contribution is 2.28. The van der Waals surface area contributed by atoms with Gasteiger partial charge < -0.3 is 0 Å². The van der Waals surface area contributed by atoms with Gasteiger partial charge in [0.15, 0.2) is 0 Å². The number of aromatic amines is 1.